The lowest BCUT2D eigenvalue weighted by Crippen LogP contribution is -2.34. The van der Waals surface area contributed by atoms with Gasteiger partial charge >= 0.3 is 6.18 Å². The van der Waals surface area contributed by atoms with E-state index < -0.39 is 17.8 Å². The topological polar surface area (TPSA) is 45.2 Å². The standard InChI is InChI=1S/C17H19F3N2O/c18-17(19,20)13-6-4-5-11-12(8-10-22-15(11)13)16(23)14-7-2-1-3-9-21-14/h4-6,8,10,14,16,21,23H,1-3,7,9H2. The molecule has 1 saturated heterocycles. The van der Waals surface area contributed by atoms with Crippen LogP contribution in [0.25, 0.3) is 10.9 Å². The highest BCUT2D eigenvalue weighted by molar-refractivity contribution is 5.85. The Bertz CT molecular complexity index is 679. The van der Waals surface area contributed by atoms with E-state index in [1.165, 1.54) is 12.3 Å². The van der Waals surface area contributed by atoms with Crippen LogP contribution in [0, 0.1) is 0 Å². The van der Waals surface area contributed by atoms with Crippen molar-refractivity contribution in [2.75, 3.05) is 6.54 Å². The van der Waals surface area contributed by atoms with Gasteiger partial charge in [-0.2, -0.15) is 13.2 Å². The van der Waals surface area contributed by atoms with Crippen molar-refractivity contribution in [1.82, 2.24) is 10.3 Å². The molecule has 2 atom stereocenters. The zero-order valence-electron chi connectivity index (χ0n) is 12.6. The fraction of sp³-hybridized carbons (Fsp3) is 0.471. The van der Waals surface area contributed by atoms with Crippen LogP contribution in [0.15, 0.2) is 30.5 Å². The quantitative estimate of drug-likeness (QED) is 0.883. The molecule has 2 unspecified atom stereocenters. The largest absolute Gasteiger partial charge is 0.418 e. The lowest BCUT2D eigenvalue weighted by atomic mass is 9.95. The SMILES string of the molecule is OC(c1ccnc2c(C(F)(F)F)cccc12)C1CCCCCN1. The first-order chi connectivity index (χ1) is 11.0. The van der Waals surface area contributed by atoms with Gasteiger partial charge in [0.2, 0.25) is 0 Å². The highest BCUT2D eigenvalue weighted by Crippen LogP contribution is 2.36. The lowest BCUT2D eigenvalue weighted by molar-refractivity contribution is -0.136. The van der Waals surface area contributed by atoms with Crippen molar-refractivity contribution < 1.29 is 18.3 Å². The van der Waals surface area contributed by atoms with E-state index in [9.17, 15) is 18.3 Å². The number of nitrogens with one attached hydrogen (secondary N) is 1. The molecule has 23 heavy (non-hydrogen) atoms. The lowest BCUT2D eigenvalue weighted by Gasteiger charge is -2.24. The summed E-state index contributed by atoms with van der Waals surface area (Å²) in [5.41, 5.74) is -0.372. The zero-order chi connectivity index (χ0) is 16.4. The predicted octanol–water partition coefficient (Wildman–Crippen LogP) is 3.82. The molecule has 1 aliphatic rings. The Morgan fingerprint density at radius 3 is 2.78 bits per heavy atom. The second-order valence-electron chi connectivity index (χ2n) is 5.95. The van der Waals surface area contributed by atoms with E-state index in [-0.39, 0.29) is 11.6 Å². The third-order valence-electron chi connectivity index (χ3n) is 4.41. The number of aliphatic hydroxyl groups is 1. The van der Waals surface area contributed by atoms with Crippen molar-refractivity contribution >= 4 is 10.9 Å². The Morgan fingerprint density at radius 1 is 1.17 bits per heavy atom. The van der Waals surface area contributed by atoms with Gasteiger partial charge in [0.05, 0.1) is 17.2 Å². The number of pyridine rings is 1. The van der Waals surface area contributed by atoms with Gasteiger partial charge in [0, 0.05) is 17.6 Å². The number of rotatable bonds is 2. The smallest absolute Gasteiger partial charge is 0.387 e. The van der Waals surface area contributed by atoms with Crippen molar-refractivity contribution in [1.29, 1.82) is 0 Å². The van der Waals surface area contributed by atoms with Gasteiger partial charge in [-0.3, -0.25) is 4.98 Å². The van der Waals surface area contributed by atoms with E-state index in [1.807, 2.05) is 0 Å². The van der Waals surface area contributed by atoms with E-state index in [0.717, 1.165) is 38.3 Å². The molecule has 1 aliphatic heterocycles. The van der Waals surface area contributed by atoms with Gasteiger partial charge in [0.1, 0.15) is 0 Å². The summed E-state index contributed by atoms with van der Waals surface area (Å²) < 4.78 is 39.4. The molecule has 0 saturated carbocycles. The molecular weight excluding hydrogens is 305 g/mol. The first-order valence-electron chi connectivity index (χ1n) is 7.85. The van der Waals surface area contributed by atoms with Crippen LogP contribution in [0.2, 0.25) is 0 Å². The fourth-order valence-corrected chi connectivity index (χ4v) is 3.23. The third-order valence-corrected chi connectivity index (χ3v) is 4.41. The molecule has 2 aromatic rings. The summed E-state index contributed by atoms with van der Waals surface area (Å²) in [6, 6.07) is 5.45. The molecule has 0 aliphatic carbocycles. The van der Waals surface area contributed by atoms with Crippen LogP contribution in [-0.4, -0.2) is 22.7 Å². The molecule has 6 heteroatoms. The van der Waals surface area contributed by atoms with E-state index >= 15 is 0 Å². The molecule has 2 N–H and O–H groups in total. The van der Waals surface area contributed by atoms with Gasteiger partial charge in [-0.15, -0.1) is 0 Å². The van der Waals surface area contributed by atoms with Crippen molar-refractivity contribution in [2.24, 2.45) is 0 Å². The minimum Gasteiger partial charge on any atom is -0.387 e. The van der Waals surface area contributed by atoms with Crippen LogP contribution in [0.1, 0.15) is 42.9 Å². The van der Waals surface area contributed by atoms with Crippen LogP contribution in [0.5, 0.6) is 0 Å². The van der Waals surface area contributed by atoms with Crippen molar-refractivity contribution in [3.05, 3.63) is 41.6 Å². The molecule has 0 bridgehead atoms. The molecular formula is C17H19F3N2O. The molecule has 2 heterocycles. The van der Waals surface area contributed by atoms with Gasteiger partial charge in [-0.25, -0.2) is 0 Å². The number of para-hydroxylation sites is 1. The summed E-state index contributed by atoms with van der Waals surface area (Å²) in [5.74, 6) is 0. The molecule has 3 nitrogen and oxygen atoms in total. The molecule has 0 radical (unpaired) electrons. The van der Waals surface area contributed by atoms with Crippen LogP contribution < -0.4 is 5.32 Å². The molecule has 124 valence electrons. The summed E-state index contributed by atoms with van der Waals surface area (Å²) in [5, 5.41) is 14.3. The first-order valence-corrected chi connectivity index (χ1v) is 7.85. The number of hydrogen-bond donors (Lipinski definition) is 2. The highest BCUT2D eigenvalue weighted by atomic mass is 19.4. The Kier molecular flexibility index (Phi) is 4.55. The fourth-order valence-electron chi connectivity index (χ4n) is 3.23. The van der Waals surface area contributed by atoms with Gasteiger partial charge < -0.3 is 10.4 Å². The average molecular weight is 324 g/mol. The van der Waals surface area contributed by atoms with Crippen molar-refractivity contribution in [3.8, 4) is 0 Å². The monoisotopic (exact) mass is 324 g/mol. The maximum Gasteiger partial charge on any atom is 0.418 e. The van der Waals surface area contributed by atoms with Gasteiger partial charge in [0.15, 0.2) is 0 Å². The van der Waals surface area contributed by atoms with Crippen LogP contribution in [0.3, 0.4) is 0 Å². The normalized spacial score (nSPS) is 21.1. The summed E-state index contributed by atoms with van der Waals surface area (Å²) in [7, 11) is 0. The van der Waals surface area contributed by atoms with Crippen molar-refractivity contribution in [3.63, 3.8) is 0 Å². The Hall–Kier alpha value is -1.66. The maximum absolute atomic E-state index is 13.1. The Morgan fingerprint density at radius 2 is 2.00 bits per heavy atom. The number of alkyl halides is 3. The summed E-state index contributed by atoms with van der Waals surface area (Å²) in [6.45, 7) is 0.818. The molecule has 3 rings (SSSR count). The number of hydrogen-bond acceptors (Lipinski definition) is 3. The second-order valence-corrected chi connectivity index (χ2v) is 5.95. The zero-order valence-corrected chi connectivity index (χ0v) is 12.6. The van der Waals surface area contributed by atoms with E-state index in [1.54, 1.807) is 12.1 Å². The molecule has 1 aromatic carbocycles. The minimum atomic E-state index is -4.46. The Labute approximate surface area is 132 Å². The Balaban J connectivity index is 2.04. The van der Waals surface area contributed by atoms with E-state index in [4.69, 9.17) is 0 Å². The first kappa shape index (κ1) is 16.2. The third kappa shape index (κ3) is 3.33. The highest BCUT2D eigenvalue weighted by Gasteiger charge is 2.34. The molecule has 1 fully saturated rings. The van der Waals surface area contributed by atoms with Crippen molar-refractivity contribution in [2.45, 2.75) is 44.0 Å². The van der Waals surface area contributed by atoms with Gasteiger partial charge in [0.25, 0.3) is 0 Å². The minimum absolute atomic E-state index is 0.106. The van der Waals surface area contributed by atoms with E-state index in [0.29, 0.717) is 10.9 Å². The second kappa shape index (κ2) is 6.45. The van der Waals surface area contributed by atoms with Crippen LogP contribution in [-0.2, 0) is 6.18 Å². The number of nitrogens with zero attached hydrogens (tertiary/aromatic N) is 1. The average Bonchev–Trinajstić information content (AvgIpc) is 2.81. The maximum atomic E-state index is 13.1. The summed E-state index contributed by atoms with van der Waals surface area (Å²) >= 11 is 0. The number of aromatic nitrogens is 1. The molecule has 1 aromatic heterocycles. The number of aliphatic hydroxyl groups excluding tert-OH is 1. The molecule has 0 spiro atoms. The summed E-state index contributed by atoms with van der Waals surface area (Å²) in [6.07, 6.45) is 0.00495. The van der Waals surface area contributed by atoms with Gasteiger partial charge in [-0.1, -0.05) is 25.0 Å². The predicted molar refractivity (Wildman–Crippen MR) is 82.0 cm³/mol. The number of halogens is 3. The van der Waals surface area contributed by atoms with Crippen LogP contribution >= 0.6 is 0 Å². The number of fused-ring (bicyclic) bond motifs is 1. The number of benzene rings is 1. The molecule has 0 amide bonds. The van der Waals surface area contributed by atoms with E-state index in [2.05, 4.69) is 10.3 Å². The summed E-state index contributed by atoms with van der Waals surface area (Å²) in [4.78, 5) is 3.90. The van der Waals surface area contributed by atoms with Gasteiger partial charge in [-0.05, 0) is 37.1 Å². The van der Waals surface area contributed by atoms with Crippen LogP contribution in [0.4, 0.5) is 13.2 Å².